The summed E-state index contributed by atoms with van der Waals surface area (Å²) in [5.41, 5.74) is 1.03. The average Bonchev–Trinajstić information content (AvgIpc) is 3.41. The van der Waals surface area contributed by atoms with E-state index in [1.165, 1.54) is 29.8 Å². The monoisotopic (exact) mass is 1040 g/mol. The first kappa shape index (κ1) is 49.4. The molecule has 0 amide bonds. The van der Waals surface area contributed by atoms with Crippen molar-refractivity contribution in [3.8, 4) is 56.0 Å². The van der Waals surface area contributed by atoms with Gasteiger partial charge in [0.15, 0.2) is 34.9 Å². The van der Waals surface area contributed by atoms with Gasteiger partial charge in [0.25, 0.3) is 0 Å². The minimum absolute atomic E-state index is 0.00362. The van der Waals surface area contributed by atoms with Crippen LogP contribution in [0.3, 0.4) is 0 Å². The van der Waals surface area contributed by atoms with E-state index in [1.807, 2.05) is 43.3 Å². The molecular weight excluding hydrogens is 1000 g/mol. The summed E-state index contributed by atoms with van der Waals surface area (Å²) in [6.07, 6.45) is -1.17. The molecule has 4 nitrogen and oxygen atoms in total. The SMILES string of the molecule is CCCc1ccc(-c2ccc(-c3cc(F)c(C(=O)O)c(F)c3)c(F)c2)cc1.[2H]c1c(F)c(F)c(F)c([2H])c1OC(F)(F)c1c(F)cc(-c2ccc(-c3ccc(CCC)cc3)cc2F)cc1F.[2H]c1c(O)c([2H])c(F)c(F)c1F. The Morgan fingerprint density at radius 2 is 0.811 bits per heavy atom. The summed E-state index contributed by atoms with van der Waals surface area (Å²) in [6, 6.07) is 19.9. The van der Waals surface area contributed by atoms with Crippen molar-refractivity contribution in [3.05, 3.63) is 225 Å². The first-order valence-electron chi connectivity index (χ1n) is 23.8. The highest BCUT2D eigenvalue weighted by atomic mass is 19.3. The number of halogens is 14. The fraction of sp³-hybridized carbons (Fsp3) is 0.125. The van der Waals surface area contributed by atoms with Crippen molar-refractivity contribution in [1.29, 1.82) is 0 Å². The Kier molecular flexibility index (Phi) is 15.8. The minimum atomic E-state index is -5.00. The van der Waals surface area contributed by atoms with Crippen LogP contribution in [0.5, 0.6) is 11.5 Å². The first-order valence-corrected chi connectivity index (χ1v) is 21.8. The molecule has 8 aromatic rings. The van der Waals surface area contributed by atoms with Gasteiger partial charge in [-0.2, -0.15) is 8.78 Å². The predicted molar refractivity (Wildman–Crippen MR) is 248 cm³/mol. The van der Waals surface area contributed by atoms with Crippen LogP contribution in [0, 0.1) is 69.8 Å². The summed E-state index contributed by atoms with van der Waals surface area (Å²) in [5.74, 6) is -24.8. The molecule has 0 fully saturated rings. The van der Waals surface area contributed by atoms with Gasteiger partial charge in [-0.1, -0.05) is 99.5 Å². The molecule has 0 heterocycles. The predicted octanol–water partition coefficient (Wildman–Crippen LogP) is 16.8. The lowest BCUT2D eigenvalue weighted by Crippen LogP contribution is -2.25. The topological polar surface area (TPSA) is 66.8 Å². The number of carboxylic acids is 1. The number of ether oxygens (including phenoxy) is 1. The van der Waals surface area contributed by atoms with Crippen molar-refractivity contribution in [2.75, 3.05) is 0 Å². The quantitative estimate of drug-likeness (QED) is 0.0945. The molecule has 384 valence electrons. The molecule has 0 saturated carbocycles. The van der Waals surface area contributed by atoms with Crippen LogP contribution in [0.1, 0.15) is 59.2 Å². The molecule has 8 rings (SSSR count). The molecule has 0 spiro atoms. The fourth-order valence-electron chi connectivity index (χ4n) is 7.21. The molecule has 0 aromatic heterocycles. The molecule has 0 aliphatic heterocycles. The second-order valence-electron chi connectivity index (χ2n) is 15.9. The van der Waals surface area contributed by atoms with Gasteiger partial charge in [0.05, 0.1) is 5.48 Å². The highest BCUT2D eigenvalue weighted by molar-refractivity contribution is 5.89. The third-order valence-electron chi connectivity index (χ3n) is 10.7. The van der Waals surface area contributed by atoms with E-state index in [4.69, 9.17) is 15.7 Å². The zero-order chi connectivity index (χ0) is 57.7. The number of phenolic OH excluding ortho intramolecular Hbond substituents is 1. The number of hydrogen-bond acceptors (Lipinski definition) is 3. The standard InChI is InChI=1S/C28H18F8O.C22H17F3O2.C6H3F3O/c1-2-3-15-4-6-16(7-5-15)17-8-9-20(21(29)10-17)18-11-22(30)26(23(31)12-18)28(35,36)37-19-13-24(32)27(34)25(33)14-19;1-2-3-13-4-6-14(7-5-13)15-8-9-17(18(23)10-15)16-11-19(24)21(22(26)27)20(25)12-16;7-4-1-3(10)2-5(8)6(4)9/h4-14H,2-3H2,1H3;4-12H,2-3H2,1H3,(H,26,27);1-2,10H/i13D,14D;;1D,2D. The Balaban J connectivity index is 0.000000217. The fourth-order valence-corrected chi connectivity index (χ4v) is 7.21. The van der Waals surface area contributed by atoms with Gasteiger partial charge in [0.1, 0.15) is 57.5 Å². The number of carbonyl (C=O) groups is 1. The average molecular weight is 1040 g/mol. The van der Waals surface area contributed by atoms with Gasteiger partial charge in [0, 0.05) is 35.3 Å². The van der Waals surface area contributed by atoms with E-state index in [0.717, 1.165) is 55.0 Å². The lowest BCUT2D eigenvalue weighted by atomic mass is 9.97. The van der Waals surface area contributed by atoms with Gasteiger partial charge >= 0.3 is 12.1 Å². The van der Waals surface area contributed by atoms with Crippen molar-refractivity contribution in [2.24, 2.45) is 0 Å². The minimum Gasteiger partial charge on any atom is -0.508 e. The summed E-state index contributed by atoms with van der Waals surface area (Å²) < 4.78 is 226. The van der Waals surface area contributed by atoms with Crippen LogP contribution in [-0.2, 0) is 19.0 Å². The Morgan fingerprint density at radius 1 is 0.473 bits per heavy atom. The lowest BCUT2D eigenvalue weighted by molar-refractivity contribution is -0.189. The number of benzene rings is 8. The molecular formula is C56H38F14O4. The van der Waals surface area contributed by atoms with Gasteiger partial charge in [0.2, 0.25) is 0 Å². The van der Waals surface area contributed by atoms with Crippen LogP contribution in [0.2, 0.25) is 0 Å². The molecule has 74 heavy (non-hydrogen) atoms. The second-order valence-corrected chi connectivity index (χ2v) is 15.9. The summed E-state index contributed by atoms with van der Waals surface area (Å²) >= 11 is 0. The van der Waals surface area contributed by atoms with Crippen LogP contribution in [-0.4, -0.2) is 16.2 Å². The third kappa shape index (κ3) is 13.1. The Hall–Kier alpha value is -8.15. The number of aromatic hydroxyl groups is 1. The smallest absolute Gasteiger partial charge is 0.432 e. The van der Waals surface area contributed by atoms with Crippen molar-refractivity contribution in [1.82, 2.24) is 0 Å². The molecule has 18 heteroatoms. The first-order chi connectivity index (χ1) is 36.7. The Morgan fingerprint density at radius 3 is 1.16 bits per heavy atom. The van der Waals surface area contributed by atoms with E-state index in [1.54, 1.807) is 18.2 Å². The summed E-state index contributed by atoms with van der Waals surface area (Å²) in [6.45, 7) is 4.12. The maximum atomic E-state index is 14.9. The molecule has 8 aromatic carbocycles. The van der Waals surface area contributed by atoms with Crippen molar-refractivity contribution in [3.63, 3.8) is 0 Å². The van der Waals surface area contributed by atoms with E-state index in [0.29, 0.717) is 28.8 Å². The molecule has 0 unspecified atom stereocenters. The highest BCUT2D eigenvalue weighted by Crippen LogP contribution is 2.39. The normalized spacial score (nSPS) is 11.8. The maximum Gasteiger partial charge on any atom is 0.432 e. The van der Waals surface area contributed by atoms with Gasteiger partial charge in [-0.15, -0.1) is 0 Å². The Bertz CT molecular complexity index is 3380. The summed E-state index contributed by atoms with van der Waals surface area (Å²) in [5, 5.41) is 17.5. The van der Waals surface area contributed by atoms with E-state index in [2.05, 4.69) is 11.7 Å². The molecule has 0 saturated heterocycles. The zero-order valence-corrected chi connectivity index (χ0v) is 38.2. The van der Waals surface area contributed by atoms with E-state index in [-0.39, 0.29) is 16.7 Å². The number of carboxylic acid groups (broad SMARTS) is 1. The summed E-state index contributed by atoms with van der Waals surface area (Å²) in [4.78, 5) is 10.9. The Labute approximate surface area is 419 Å². The van der Waals surface area contributed by atoms with Crippen LogP contribution >= 0.6 is 0 Å². The van der Waals surface area contributed by atoms with Gasteiger partial charge < -0.3 is 14.9 Å². The van der Waals surface area contributed by atoms with Crippen LogP contribution in [0.25, 0.3) is 44.5 Å². The molecule has 0 bridgehead atoms. The second kappa shape index (κ2) is 23.6. The molecule has 0 atom stereocenters. The van der Waals surface area contributed by atoms with E-state index in [9.17, 15) is 66.3 Å². The number of aryl methyl sites for hydroxylation is 2. The number of hydrogen-bond donors (Lipinski definition) is 2. The summed E-state index contributed by atoms with van der Waals surface area (Å²) in [7, 11) is 0. The van der Waals surface area contributed by atoms with Crippen LogP contribution in [0.4, 0.5) is 61.5 Å². The molecule has 0 aliphatic rings. The zero-order valence-electron chi connectivity index (χ0n) is 42.2. The van der Waals surface area contributed by atoms with Gasteiger partial charge in [-0.25, -0.2) is 57.5 Å². The molecule has 2 N–H and O–H groups in total. The highest BCUT2D eigenvalue weighted by Gasteiger charge is 2.42. The van der Waals surface area contributed by atoms with E-state index < -0.39 is 134 Å². The third-order valence-corrected chi connectivity index (χ3v) is 10.7. The van der Waals surface area contributed by atoms with Crippen LogP contribution in [0.15, 0.2) is 133 Å². The number of rotatable bonds is 12. The molecule has 0 aliphatic carbocycles. The van der Waals surface area contributed by atoms with Crippen molar-refractivity contribution >= 4 is 5.97 Å². The van der Waals surface area contributed by atoms with Crippen LogP contribution < -0.4 is 4.74 Å². The van der Waals surface area contributed by atoms with Crippen molar-refractivity contribution in [2.45, 2.75) is 45.6 Å². The number of alkyl halides is 2. The number of phenols is 1. The van der Waals surface area contributed by atoms with E-state index >= 15 is 0 Å². The maximum absolute atomic E-state index is 14.9. The van der Waals surface area contributed by atoms with Gasteiger partial charge in [-0.3, -0.25) is 0 Å². The lowest BCUT2D eigenvalue weighted by Gasteiger charge is -2.20. The number of aromatic carboxylic acids is 1. The van der Waals surface area contributed by atoms with Crippen molar-refractivity contribution < 1.29 is 86.7 Å². The van der Waals surface area contributed by atoms with Gasteiger partial charge in [-0.05, 0) is 93.7 Å². The molecule has 0 radical (unpaired) electrons. The largest absolute Gasteiger partial charge is 0.508 e.